The second-order valence-electron chi connectivity index (χ2n) is 6.84. The molecule has 1 aliphatic rings. The van der Waals surface area contributed by atoms with E-state index in [-0.39, 0.29) is 11.5 Å². The number of aromatic nitrogens is 1. The Morgan fingerprint density at radius 3 is 2.90 bits per heavy atom. The number of methoxy groups -OCH3 is 1. The molecule has 21 heavy (non-hydrogen) atoms. The largest absolute Gasteiger partial charge is 0.380 e. The second-order valence-corrected chi connectivity index (χ2v) is 6.84. The highest BCUT2D eigenvalue weighted by Gasteiger charge is 2.32. The molecule has 1 atom stereocenters. The SMILES string of the molecule is COCc1cccc(-n2ccc3c2CC(C)(C)CC3N)c1. The van der Waals surface area contributed by atoms with Crippen LogP contribution < -0.4 is 5.73 Å². The Balaban J connectivity index is 2.03. The number of ether oxygens (including phenoxy) is 1. The molecule has 0 saturated heterocycles. The monoisotopic (exact) mass is 284 g/mol. The molecule has 3 nitrogen and oxygen atoms in total. The first-order valence-corrected chi connectivity index (χ1v) is 7.54. The van der Waals surface area contributed by atoms with Gasteiger partial charge in [-0.3, -0.25) is 0 Å². The van der Waals surface area contributed by atoms with Gasteiger partial charge in [0, 0.05) is 30.7 Å². The van der Waals surface area contributed by atoms with Crippen molar-refractivity contribution < 1.29 is 4.74 Å². The molecule has 1 aliphatic carbocycles. The van der Waals surface area contributed by atoms with Crippen LogP contribution in [0.25, 0.3) is 5.69 Å². The van der Waals surface area contributed by atoms with Crippen LogP contribution in [0.5, 0.6) is 0 Å². The Hall–Kier alpha value is -1.58. The number of nitrogens with zero attached hydrogens (tertiary/aromatic N) is 1. The average molecular weight is 284 g/mol. The van der Waals surface area contributed by atoms with Crippen molar-refractivity contribution in [2.24, 2.45) is 11.1 Å². The standard InChI is InChI=1S/C18H24N2O/c1-18(2)10-16(19)15-7-8-20(17(15)11-18)14-6-4-5-13(9-14)12-21-3/h4-9,16H,10-12,19H2,1-3H3. The first kappa shape index (κ1) is 14.4. The first-order chi connectivity index (χ1) is 10.00. The maximum Gasteiger partial charge on any atom is 0.0713 e. The smallest absolute Gasteiger partial charge is 0.0713 e. The van der Waals surface area contributed by atoms with E-state index in [1.165, 1.54) is 22.5 Å². The van der Waals surface area contributed by atoms with E-state index in [1.54, 1.807) is 7.11 Å². The minimum atomic E-state index is 0.146. The van der Waals surface area contributed by atoms with E-state index in [2.05, 4.69) is 54.9 Å². The summed E-state index contributed by atoms with van der Waals surface area (Å²) in [7, 11) is 1.73. The normalized spacial score (nSPS) is 20.3. The zero-order valence-corrected chi connectivity index (χ0v) is 13.1. The molecule has 1 unspecified atom stereocenters. The molecule has 0 radical (unpaired) electrons. The fourth-order valence-electron chi connectivity index (χ4n) is 3.44. The molecular weight excluding hydrogens is 260 g/mol. The van der Waals surface area contributed by atoms with Crippen molar-refractivity contribution in [1.29, 1.82) is 0 Å². The van der Waals surface area contributed by atoms with Crippen LogP contribution in [0.1, 0.15) is 43.1 Å². The molecule has 3 heteroatoms. The fraction of sp³-hybridized carbons (Fsp3) is 0.444. The Kier molecular flexibility index (Phi) is 3.64. The van der Waals surface area contributed by atoms with Crippen molar-refractivity contribution in [1.82, 2.24) is 4.57 Å². The quantitative estimate of drug-likeness (QED) is 0.935. The van der Waals surface area contributed by atoms with Crippen molar-refractivity contribution in [3.63, 3.8) is 0 Å². The molecule has 1 aromatic carbocycles. The van der Waals surface area contributed by atoms with E-state index in [4.69, 9.17) is 10.5 Å². The summed E-state index contributed by atoms with van der Waals surface area (Å²) in [6.07, 6.45) is 4.27. The molecular formula is C18H24N2O. The molecule has 112 valence electrons. The van der Waals surface area contributed by atoms with Crippen molar-refractivity contribution in [3.8, 4) is 5.69 Å². The second kappa shape index (κ2) is 5.32. The maximum atomic E-state index is 6.36. The van der Waals surface area contributed by atoms with E-state index in [9.17, 15) is 0 Å². The Labute approximate surface area is 126 Å². The number of fused-ring (bicyclic) bond motifs is 1. The Morgan fingerprint density at radius 2 is 2.14 bits per heavy atom. The molecule has 0 aliphatic heterocycles. The van der Waals surface area contributed by atoms with Gasteiger partial charge in [-0.15, -0.1) is 0 Å². The molecule has 0 fully saturated rings. The zero-order chi connectivity index (χ0) is 15.0. The number of hydrogen-bond acceptors (Lipinski definition) is 2. The lowest BCUT2D eigenvalue weighted by atomic mass is 9.74. The van der Waals surface area contributed by atoms with Gasteiger partial charge in [-0.1, -0.05) is 26.0 Å². The molecule has 2 aromatic rings. The van der Waals surface area contributed by atoms with E-state index in [1.807, 2.05) is 0 Å². The van der Waals surface area contributed by atoms with Gasteiger partial charge < -0.3 is 15.0 Å². The molecule has 0 spiro atoms. The maximum absolute atomic E-state index is 6.36. The lowest BCUT2D eigenvalue weighted by molar-refractivity contribution is 0.185. The molecule has 2 N–H and O–H groups in total. The highest BCUT2D eigenvalue weighted by atomic mass is 16.5. The molecule has 0 saturated carbocycles. The zero-order valence-electron chi connectivity index (χ0n) is 13.1. The average Bonchev–Trinajstić information content (AvgIpc) is 2.82. The number of benzene rings is 1. The van der Waals surface area contributed by atoms with Gasteiger partial charge in [0.1, 0.15) is 0 Å². The lowest BCUT2D eigenvalue weighted by Crippen LogP contribution is -2.30. The summed E-state index contributed by atoms with van der Waals surface area (Å²) in [5.41, 5.74) is 11.6. The van der Waals surface area contributed by atoms with Crippen LogP contribution in [0.4, 0.5) is 0 Å². The summed E-state index contributed by atoms with van der Waals surface area (Å²) >= 11 is 0. The summed E-state index contributed by atoms with van der Waals surface area (Å²) in [4.78, 5) is 0. The lowest BCUT2D eigenvalue weighted by Gasteiger charge is -2.34. The van der Waals surface area contributed by atoms with E-state index < -0.39 is 0 Å². The van der Waals surface area contributed by atoms with Crippen molar-refractivity contribution in [2.75, 3.05) is 7.11 Å². The van der Waals surface area contributed by atoms with Crippen LogP contribution in [0.15, 0.2) is 36.5 Å². The predicted molar refractivity (Wildman–Crippen MR) is 85.5 cm³/mol. The minimum absolute atomic E-state index is 0.146. The highest BCUT2D eigenvalue weighted by Crippen LogP contribution is 2.40. The van der Waals surface area contributed by atoms with Crippen LogP contribution in [-0.2, 0) is 17.8 Å². The third-order valence-electron chi connectivity index (χ3n) is 4.34. The summed E-state index contributed by atoms with van der Waals surface area (Å²) in [6, 6.07) is 10.8. The van der Waals surface area contributed by atoms with Crippen molar-refractivity contribution in [3.05, 3.63) is 53.3 Å². The van der Waals surface area contributed by atoms with Gasteiger partial charge in [-0.05, 0) is 47.6 Å². The van der Waals surface area contributed by atoms with Gasteiger partial charge in [-0.2, -0.15) is 0 Å². The van der Waals surface area contributed by atoms with E-state index in [0.29, 0.717) is 6.61 Å². The number of hydrogen-bond donors (Lipinski definition) is 1. The van der Waals surface area contributed by atoms with Gasteiger partial charge in [0.25, 0.3) is 0 Å². The van der Waals surface area contributed by atoms with Gasteiger partial charge in [-0.25, -0.2) is 0 Å². The number of nitrogens with two attached hydrogens (primary N) is 1. The van der Waals surface area contributed by atoms with E-state index >= 15 is 0 Å². The molecule has 1 aromatic heterocycles. The first-order valence-electron chi connectivity index (χ1n) is 7.54. The molecule has 1 heterocycles. The summed E-state index contributed by atoms with van der Waals surface area (Å²) < 4.78 is 7.52. The minimum Gasteiger partial charge on any atom is -0.380 e. The third kappa shape index (κ3) is 2.76. The van der Waals surface area contributed by atoms with Crippen LogP contribution in [-0.4, -0.2) is 11.7 Å². The summed E-state index contributed by atoms with van der Waals surface area (Å²) in [6.45, 7) is 5.24. The summed E-state index contributed by atoms with van der Waals surface area (Å²) in [5, 5.41) is 0. The number of rotatable bonds is 3. The predicted octanol–water partition coefficient (Wildman–Crippen LogP) is 3.60. The van der Waals surface area contributed by atoms with Crippen LogP contribution in [0.3, 0.4) is 0 Å². The van der Waals surface area contributed by atoms with Crippen LogP contribution >= 0.6 is 0 Å². The van der Waals surface area contributed by atoms with Crippen molar-refractivity contribution in [2.45, 2.75) is 39.3 Å². The van der Waals surface area contributed by atoms with Crippen LogP contribution in [0, 0.1) is 5.41 Å². The molecule has 0 amide bonds. The topological polar surface area (TPSA) is 40.2 Å². The van der Waals surface area contributed by atoms with Gasteiger partial charge in [0.05, 0.1) is 6.61 Å². The third-order valence-corrected chi connectivity index (χ3v) is 4.34. The van der Waals surface area contributed by atoms with Gasteiger partial charge in [0.2, 0.25) is 0 Å². The Morgan fingerprint density at radius 1 is 1.33 bits per heavy atom. The molecule has 0 bridgehead atoms. The van der Waals surface area contributed by atoms with Gasteiger partial charge >= 0.3 is 0 Å². The fourth-order valence-corrected chi connectivity index (χ4v) is 3.44. The highest BCUT2D eigenvalue weighted by molar-refractivity contribution is 5.42. The van der Waals surface area contributed by atoms with Crippen LogP contribution in [0.2, 0.25) is 0 Å². The van der Waals surface area contributed by atoms with Crippen molar-refractivity contribution >= 4 is 0 Å². The van der Waals surface area contributed by atoms with Gasteiger partial charge in [0.15, 0.2) is 0 Å². The molecule has 3 rings (SSSR count). The summed E-state index contributed by atoms with van der Waals surface area (Å²) in [5.74, 6) is 0. The Bertz CT molecular complexity index is 642. The van der Waals surface area contributed by atoms with E-state index in [0.717, 1.165) is 12.8 Å².